The van der Waals surface area contributed by atoms with Crippen molar-refractivity contribution < 1.29 is 18.0 Å². The molecular formula is C24H20F3N5O2. The van der Waals surface area contributed by atoms with Crippen molar-refractivity contribution in [3.8, 4) is 0 Å². The molecule has 4 rings (SSSR count). The number of carbonyl (C=O) groups is 1. The summed E-state index contributed by atoms with van der Waals surface area (Å²) in [4.78, 5) is 33.8. The lowest BCUT2D eigenvalue weighted by Gasteiger charge is -2.16. The fourth-order valence-electron chi connectivity index (χ4n) is 3.53. The molecule has 0 bridgehead atoms. The molecule has 174 valence electrons. The van der Waals surface area contributed by atoms with Crippen molar-refractivity contribution >= 4 is 22.5 Å². The third kappa shape index (κ3) is 4.75. The van der Waals surface area contributed by atoms with Gasteiger partial charge >= 0.3 is 0 Å². The number of rotatable bonds is 8. The van der Waals surface area contributed by atoms with E-state index in [1.165, 1.54) is 0 Å². The van der Waals surface area contributed by atoms with Gasteiger partial charge < -0.3 is 15.2 Å². The normalized spacial score (nSPS) is 10.9. The highest BCUT2D eigenvalue weighted by Gasteiger charge is 2.22. The van der Waals surface area contributed by atoms with Crippen LogP contribution in [0.2, 0.25) is 0 Å². The summed E-state index contributed by atoms with van der Waals surface area (Å²) < 4.78 is 44.6. The molecule has 0 fully saturated rings. The van der Waals surface area contributed by atoms with E-state index < -0.39 is 35.3 Å². The number of anilines is 1. The molecule has 2 N–H and O–H groups in total. The minimum atomic E-state index is -1.06. The summed E-state index contributed by atoms with van der Waals surface area (Å²) in [5, 5.41) is 4.84. The Morgan fingerprint density at radius 2 is 1.68 bits per heavy atom. The van der Waals surface area contributed by atoms with Crippen LogP contribution in [0, 0.1) is 11.6 Å². The van der Waals surface area contributed by atoms with E-state index in [2.05, 4.69) is 20.6 Å². The Balaban J connectivity index is 1.72. The monoisotopic (exact) mass is 467 g/mol. The number of pyridine rings is 3. The Labute approximate surface area is 192 Å². The quantitative estimate of drug-likeness (QED) is 0.414. The molecule has 0 aliphatic heterocycles. The van der Waals surface area contributed by atoms with Crippen molar-refractivity contribution in [1.82, 2.24) is 19.9 Å². The molecule has 0 saturated carbocycles. The second kappa shape index (κ2) is 10.2. The third-order valence-corrected chi connectivity index (χ3v) is 5.15. The molecule has 0 atom stereocenters. The number of nitrogens with one attached hydrogen (secondary N) is 2. The number of aromatic nitrogens is 3. The zero-order chi connectivity index (χ0) is 24.1. The number of benzene rings is 1. The zero-order valence-corrected chi connectivity index (χ0v) is 17.9. The van der Waals surface area contributed by atoms with Gasteiger partial charge in [0.25, 0.3) is 5.91 Å². The van der Waals surface area contributed by atoms with Crippen LogP contribution in [0.1, 0.15) is 21.7 Å². The maximum Gasteiger partial charge on any atom is 0.257 e. The number of alkyl halides is 1. The van der Waals surface area contributed by atoms with Crippen molar-refractivity contribution in [1.29, 1.82) is 0 Å². The van der Waals surface area contributed by atoms with E-state index in [4.69, 9.17) is 0 Å². The molecule has 0 aliphatic rings. The Bertz CT molecular complexity index is 1380. The lowest BCUT2D eigenvalue weighted by atomic mass is 10.1. The van der Waals surface area contributed by atoms with Crippen LogP contribution in [0.4, 0.5) is 18.9 Å². The van der Waals surface area contributed by atoms with Gasteiger partial charge in [0.2, 0.25) is 5.43 Å². The predicted molar refractivity (Wildman–Crippen MR) is 121 cm³/mol. The number of fused-ring (bicyclic) bond motifs is 1. The van der Waals surface area contributed by atoms with Gasteiger partial charge in [-0.05, 0) is 30.3 Å². The number of aryl methyl sites for hydroxylation is 1. The number of nitrogens with zero attached hydrogens (tertiary/aromatic N) is 3. The van der Waals surface area contributed by atoms with Gasteiger partial charge in [-0.15, -0.1) is 0 Å². The topological polar surface area (TPSA) is 88.9 Å². The Morgan fingerprint density at radius 1 is 1.00 bits per heavy atom. The summed E-state index contributed by atoms with van der Waals surface area (Å²) in [5.41, 5.74) is -0.891. The largest absolute Gasteiger partial charge is 0.375 e. The molecule has 34 heavy (non-hydrogen) atoms. The molecule has 3 aromatic heterocycles. The first kappa shape index (κ1) is 23.0. The first-order valence-corrected chi connectivity index (χ1v) is 10.4. The highest BCUT2D eigenvalue weighted by Crippen LogP contribution is 2.27. The number of halogens is 3. The minimum Gasteiger partial charge on any atom is -0.375 e. The maximum absolute atomic E-state index is 15.4. The van der Waals surface area contributed by atoms with Crippen molar-refractivity contribution in [2.45, 2.75) is 19.6 Å². The Hall–Kier alpha value is -4.21. The average Bonchev–Trinajstić information content (AvgIpc) is 2.85. The number of hydrogen-bond donors (Lipinski definition) is 2. The maximum atomic E-state index is 15.4. The summed E-state index contributed by atoms with van der Waals surface area (Å²) in [7, 11) is 0. The smallest absolute Gasteiger partial charge is 0.257 e. The van der Waals surface area contributed by atoms with E-state index in [9.17, 15) is 18.4 Å². The van der Waals surface area contributed by atoms with Crippen molar-refractivity contribution in [3.63, 3.8) is 0 Å². The van der Waals surface area contributed by atoms with Gasteiger partial charge in [0.15, 0.2) is 5.82 Å². The first-order valence-electron chi connectivity index (χ1n) is 10.4. The highest BCUT2D eigenvalue weighted by atomic mass is 19.1. The van der Waals surface area contributed by atoms with E-state index in [0.29, 0.717) is 11.4 Å². The molecule has 0 aliphatic carbocycles. The van der Waals surface area contributed by atoms with Crippen LogP contribution < -0.4 is 16.1 Å². The van der Waals surface area contributed by atoms with Crippen molar-refractivity contribution in [2.75, 3.05) is 12.0 Å². The Morgan fingerprint density at radius 3 is 2.29 bits per heavy atom. The SMILES string of the molecule is O=C(NCc1ccccn1)c1cn(CCF)c2c(F)c(NCc3ccccn3)c(F)cc2c1=O. The second-order valence-electron chi connectivity index (χ2n) is 7.38. The minimum absolute atomic E-state index is 0.0293. The van der Waals surface area contributed by atoms with Gasteiger partial charge in [-0.2, -0.15) is 0 Å². The van der Waals surface area contributed by atoms with Crippen LogP contribution in [0.15, 0.2) is 65.8 Å². The van der Waals surface area contributed by atoms with Crippen LogP contribution in [0.5, 0.6) is 0 Å². The van der Waals surface area contributed by atoms with Crippen LogP contribution >= 0.6 is 0 Å². The van der Waals surface area contributed by atoms with Crippen LogP contribution in [-0.4, -0.2) is 27.1 Å². The molecule has 7 nitrogen and oxygen atoms in total. The third-order valence-electron chi connectivity index (χ3n) is 5.15. The summed E-state index contributed by atoms with van der Waals surface area (Å²) in [6.07, 6.45) is 4.18. The van der Waals surface area contributed by atoms with E-state index in [1.54, 1.807) is 48.8 Å². The van der Waals surface area contributed by atoms with Crippen LogP contribution in [0.25, 0.3) is 10.9 Å². The van der Waals surface area contributed by atoms with Gasteiger partial charge in [0, 0.05) is 18.6 Å². The van der Waals surface area contributed by atoms with Gasteiger partial charge in [-0.1, -0.05) is 12.1 Å². The molecule has 0 radical (unpaired) electrons. The standard InChI is InChI=1S/C24H20F3N5O2/c25-7-10-32-14-18(24(34)31-13-16-6-2-4-9-29-16)23(33)17-11-19(26)21(20(27)22(17)32)30-12-15-5-1-3-8-28-15/h1-6,8-9,11,14,30H,7,10,12-13H2,(H,31,34). The molecule has 4 aromatic rings. The van der Waals surface area contributed by atoms with E-state index in [1.807, 2.05) is 0 Å². The number of hydrogen-bond acceptors (Lipinski definition) is 5. The molecular weight excluding hydrogens is 447 g/mol. The molecule has 10 heteroatoms. The predicted octanol–water partition coefficient (Wildman–Crippen LogP) is 3.58. The van der Waals surface area contributed by atoms with E-state index in [-0.39, 0.29) is 36.1 Å². The summed E-state index contributed by atoms with van der Waals surface area (Å²) in [6.45, 7) is -1.15. The summed E-state index contributed by atoms with van der Waals surface area (Å²) in [6, 6.07) is 11.1. The van der Waals surface area contributed by atoms with Crippen LogP contribution in [-0.2, 0) is 19.6 Å². The average molecular weight is 467 g/mol. The van der Waals surface area contributed by atoms with Gasteiger partial charge in [-0.3, -0.25) is 19.6 Å². The zero-order valence-electron chi connectivity index (χ0n) is 17.9. The van der Waals surface area contributed by atoms with Gasteiger partial charge in [0.1, 0.15) is 23.7 Å². The Kier molecular flexibility index (Phi) is 6.86. The fourth-order valence-corrected chi connectivity index (χ4v) is 3.53. The molecule has 1 aromatic carbocycles. The van der Waals surface area contributed by atoms with Crippen molar-refractivity contribution in [2.24, 2.45) is 0 Å². The number of amides is 1. The highest BCUT2D eigenvalue weighted by molar-refractivity contribution is 5.98. The molecule has 0 spiro atoms. The van der Waals surface area contributed by atoms with E-state index in [0.717, 1.165) is 16.8 Å². The molecule has 0 saturated heterocycles. The second-order valence-corrected chi connectivity index (χ2v) is 7.38. The van der Waals surface area contributed by atoms with Gasteiger partial charge in [0.05, 0.1) is 41.9 Å². The lowest BCUT2D eigenvalue weighted by molar-refractivity contribution is 0.0948. The summed E-state index contributed by atoms with van der Waals surface area (Å²) in [5.74, 6) is -2.84. The van der Waals surface area contributed by atoms with Gasteiger partial charge in [-0.25, -0.2) is 13.2 Å². The first-order chi connectivity index (χ1) is 16.5. The lowest BCUT2D eigenvalue weighted by Crippen LogP contribution is -2.30. The molecule has 3 heterocycles. The molecule has 0 unspecified atom stereocenters. The molecule has 1 amide bonds. The number of carbonyl (C=O) groups excluding carboxylic acids is 1. The fraction of sp³-hybridized carbons (Fsp3) is 0.167. The van der Waals surface area contributed by atoms with Crippen LogP contribution in [0.3, 0.4) is 0 Å². The van der Waals surface area contributed by atoms with E-state index >= 15 is 4.39 Å². The van der Waals surface area contributed by atoms with Crippen molar-refractivity contribution in [3.05, 3.63) is 99.9 Å². The summed E-state index contributed by atoms with van der Waals surface area (Å²) >= 11 is 0.